The number of nitrogens with zero attached hydrogens (tertiary/aromatic N) is 1. The highest BCUT2D eigenvalue weighted by Gasteiger charge is 2.29. The number of benzene rings is 3. The van der Waals surface area contributed by atoms with Gasteiger partial charge in [-0.2, -0.15) is 4.31 Å². The van der Waals surface area contributed by atoms with Gasteiger partial charge in [-0.15, -0.1) is 0 Å². The van der Waals surface area contributed by atoms with Crippen molar-refractivity contribution in [2.45, 2.75) is 17.9 Å². The summed E-state index contributed by atoms with van der Waals surface area (Å²) in [5.74, 6) is -1.18. The lowest BCUT2D eigenvalue weighted by molar-refractivity contribution is 0.0468. The van der Waals surface area contributed by atoms with E-state index < -0.39 is 28.4 Å². The summed E-state index contributed by atoms with van der Waals surface area (Å²) in [6, 6.07) is 22.2. The number of Topliss-reactive ketones (excluding diaryl/α,β-unsaturated/α-hetero) is 1. The second kappa shape index (κ2) is 8.89. The van der Waals surface area contributed by atoms with Crippen LogP contribution in [0.1, 0.15) is 32.0 Å². The average molecular weight is 476 g/mol. The molecule has 0 aliphatic carbocycles. The summed E-state index contributed by atoms with van der Waals surface area (Å²) in [4.78, 5) is 25.0. The number of esters is 1. The van der Waals surface area contributed by atoms with Crippen LogP contribution < -0.4 is 0 Å². The Morgan fingerprint density at radius 2 is 1.68 bits per heavy atom. The number of ketones is 1. The molecular weight excluding hydrogens is 454 g/mol. The van der Waals surface area contributed by atoms with Gasteiger partial charge < -0.3 is 9.15 Å². The topological polar surface area (TPSA) is 93.9 Å². The van der Waals surface area contributed by atoms with Crippen molar-refractivity contribution < 1.29 is 27.2 Å². The predicted molar refractivity (Wildman–Crippen MR) is 125 cm³/mol. The molecule has 4 aromatic rings. The first-order valence-electron chi connectivity index (χ1n) is 10.8. The van der Waals surface area contributed by atoms with Gasteiger partial charge in [0.05, 0.1) is 10.5 Å². The van der Waals surface area contributed by atoms with Gasteiger partial charge in [-0.3, -0.25) is 4.79 Å². The van der Waals surface area contributed by atoms with Crippen LogP contribution in [0.15, 0.2) is 88.2 Å². The number of rotatable bonds is 6. The van der Waals surface area contributed by atoms with Crippen molar-refractivity contribution >= 4 is 32.7 Å². The third-order valence-corrected chi connectivity index (χ3v) is 7.68. The maximum Gasteiger partial charge on any atom is 0.338 e. The summed E-state index contributed by atoms with van der Waals surface area (Å²) in [6.07, 6.45) is 0.626. The Kier molecular flexibility index (Phi) is 5.77. The van der Waals surface area contributed by atoms with Crippen LogP contribution in [-0.4, -0.2) is 37.6 Å². The number of hydrogen-bond acceptors (Lipinski definition) is 6. The van der Waals surface area contributed by atoms with Crippen LogP contribution in [0.2, 0.25) is 0 Å². The van der Waals surface area contributed by atoms with E-state index in [4.69, 9.17) is 9.15 Å². The Balaban J connectivity index is 1.28. The fourth-order valence-corrected chi connectivity index (χ4v) is 5.48. The van der Waals surface area contributed by atoms with Gasteiger partial charge in [0, 0.05) is 18.5 Å². The van der Waals surface area contributed by atoms with Crippen LogP contribution in [0.25, 0.3) is 11.0 Å². The smallest absolute Gasteiger partial charge is 0.338 e. The van der Waals surface area contributed by atoms with Crippen molar-refractivity contribution in [3.63, 3.8) is 0 Å². The highest BCUT2D eigenvalue weighted by molar-refractivity contribution is 7.89. The van der Waals surface area contributed by atoms with Gasteiger partial charge in [-0.05, 0) is 47.9 Å². The largest absolute Gasteiger partial charge is 0.454 e. The molecule has 0 spiro atoms. The molecule has 1 aromatic heterocycles. The molecule has 34 heavy (non-hydrogen) atoms. The monoisotopic (exact) mass is 475 g/mol. The maximum atomic E-state index is 13.2. The van der Waals surface area contributed by atoms with Crippen molar-refractivity contribution in [3.8, 4) is 0 Å². The molecule has 1 aliphatic rings. The van der Waals surface area contributed by atoms with Crippen LogP contribution in [-0.2, 0) is 27.7 Å². The van der Waals surface area contributed by atoms with Gasteiger partial charge in [0.2, 0.25) is 15.8 Å². The number of para-hydroxylation sites is 1. The van der Waals surface area contributed by atoms with Crippen molar-refractivity contribution in [2.75, 3.05) is 13.2 Å². The zero-order chi connectivity index (χ0) is 23.7. The minimum Gasteiger partial charge on any atom is -0.454 e. The molecule has 3 aromatic carbocycles. The second-order valence-corrected chi connectivity index (χ2v) is 9.97. The van der Waals surface area contributed by atoms with Gasteiger partial charge in [-0.25, -0.2) is 13.2 Å². The Hall–Kier alpha value is -3.75. The third-order valence-electron chi connectivity index (χ3n) is 5.84. The van der Waals surface area contributed by atoms with Crippen molar-refractivity contribution in [2.24, 2.45) is 0 Å². The predicted octanol–water partition coefficient (Wildman–Crippen LogP) is 4.22. The van der Waals surface area contributed by atoms with Crippen LogP contribution in [0.3, 0.4) is 0 Å². The van der Waals surface area contributed by atoms with Gasteiger partial charge >= 0.3 is 5.97 Å². The van der Waals surface area contributed by atoms with Gasteiger partial charge in [-0.1, -0.05) is 48.5 Å². The molecule has 0 saturated carbocycles. The number of carbonyl (C=O) groups excluding carboxylic acids is 2. The molecule has 7 nitrogen and oxygen atoms in total. The van der Waals surface area contributed by atoms with E-state index in [9.17, 15) is 18.0 Å². The summed E-state index contributed by atoms with van der Waals surface area (Å²) < 4.78 is 38.5. The number of fused-ring (bicyclic) bond motifs is 2. The lowest BCUT2D eigenvalue weighted by atomic mass is 10.0. The fourth-order valence-electron chi connectivity index (χ4n) is 4.01. The van der Waals surface area contributed by atoms with Crippen LogP contribution in [0.4, 0.5) is 0 Å². The zero-order valence-corrected chi connectivity index (χ0v) is 19.0. The number of sulfonamides is 1. The van der Waals surface area contributed by atoms with E-state index in [-0.39, 0.29) is 22.8 Å². The summed E-state index contributed by atoms with van der Waals surface area (Å²) in [6.45, 7) is 0.123. The summed E-state index contributed by atoms with van der Waals surface area (Å²) in [7, 11) is -3.81. The standard InChI is InChI=1S/C26H21NO6S/c28-23(25-15-19-7-3-4-11-24(19)33-25)17-32-26(29)20-9-5-10-22(14-20)34(30,31)27-13-12-18-6-1-2-8-21(18)16-27/h1-11,14-15H,12-13,16-17H2. The van der Waals surface area contributed by atoms with Crippen molar-refractivity contribution in [3.05, 3.63) is 101 Å². The summed E-state index contributed by atoms with van der Waals surface area (Å²) in [5, 5.41) is 0.774. The number of furan rings is 1. The van der Waals surface area contributed by atoms with E-state index >= 15 is 0 Å². The summed E-state index contributed by atoms with van der Waals surface area (Å²) >= 11 is 0. The number of hydrogen-bond donors (Lipinski definition) is 0. The Bertz CT molecular complexity index is 1470. The average Bonchev–Trinajstić information content (AvgIpc) is 3.31. The van der Waals surface area contributed by atoms with E-state index in [1.807, 2.05) is 36.4 Å². The Morgan fingerprint density at radius 3 is 2.50 bits per heavy atom. The lowest BCUT2D eigenvalue weighted by Crippen LogP contribution is -2.36. The molecule has 0 amide bonds. The van der Waals surface area contributed by atoms with Crippen molar-refractivity contribution in [1.29, 1.82) is 0 Å². The molecule has 5 rings (SSSR count). The Labute approximate surface area is 196 Å². The SMILES string of the molecule is O=C(OCC(=O)c1cc2ccccc2o1)c1cccc(S(=O)(=O)N2CCc3ccccc3C2)c1. The van der Waals surface area contributed by atoms with E-state index in [1.165, 1.54) is 28.6 Å². The molecule has 0 unspecified atom stereocenters. The number of carbonyl (C=O) groups is 2. The van der Waals surface area contributed by atoms with Gasteiger partial charge in [0.25, 0.3) is 0 Å². The van der Waals surface area contributed by atoms with E-state index in [1.54, 1.807) is 18.2 Å². The highest BCUT2D eigenvalue weighted by atomic mass is 32.2. The molecule has 0 N–H and O–H groups in total. The molecule has 0 radical (unpaired) electrons. The maximum absolute atomic E-state index is 13.2. The highest BCUT2D eigenvalue weighted by Crippen LogP contribution is 2.25. The first-order chi connectivity index (χ1) is 16.4. The minimum atomic E-state index is -3.81. The molecule has 1 aliphatic heterocycles. The third kappa shape index (κ3) is 4.25. The first kappa shape index (κ1) is 22.1. The number of ether oxygens (including phenoxy) is 1. The van der Waals surface area contributed by atoms with E-state index in [0.29, 0.717) is 18.5 Å². The van der Waals surface area contributed by atoms with Crippen molar-refractivity contribution in [1.82, 2.24) is 4.31 Å². The molecular formula is C26H21NO6S. The zero-order valence-electron chi connectivity index (χ0n) is 18.1. The second-order valence-electron chi connectivity index (χ2n) is 8.03. The molecule has 0 bridgehead atoms. The quantitative estimate of drug-likeness (QED) is 0.306. The molecule has 2 heterocycles. The van der Waals surface area contributed by atoms with Crippen LogP contribution >= 0.6 is 0 Å². The van der Waals surface area contributed by atoms with Gasteiger partial charge in [0.1, 0.15) is 5.58 Å². The Morgan fingerprint density at radius 1 is 0.912 bits per heavy atom. The first-order valence-corrected chi connectivity index (χ1v) is 12.2. The molecule has 0 atom stereocenters. The van der Waals surface area contributed by atoms with Crippen LogP contribution in [0, 0.1) is 0 Å². The summed E-state index contributed by atoms with van der Waals surface area (Å²) in [5.41, 5.74) is 2.73. The normalized spacial score (nSPS) is 14.0. The molecule has 172 valence electrons. The molecule has 0 fully saturated rings. The fraction of sp³-hybridized carbons (Fsp3) is 0.154. The lowest BCUT2D eigenvalue weighted by Gasteiger charge is -2.28. The molecule has 8 heteroatoms. The minimum absolute atomic E-state index is 0.00458. The van der Waals surface area contributed by atoms with E-state index in [0.717, 1.165) is 16.5 Å². The molecule has 0 saturated heterocycles. The van der Waals surface area contributed by atoms with Gasteiger partial charge in [0.15, 0.2) is 12.4 Å². The van der Waals surface area contributed by atoms with E-state index in [2.05, 4.69) is 0 Å². The van der Waals surface area contributed by atoms with Crippen LogP contribution in [0.5, 0.6) is 0 Å².